The van der Waals surface area contributed by atoms with Gasteiger partial charge in [0.05, 0.1) is 29.7 Å². The molecule has 0 fully saturated rings. The normalized spacial score (nSPS) is 15.2. The van der Waals surface area contributed by atoms with Gasteiger partial charge in [0.1, 0.15) is 10.8 Å². The average molecular weight is 507 g/mol. The molecule has 178 valence electrons. The van der Waals surface area contributed by atoms with E-state index in [1.807, 2.05) is 0 Å². The van der Waals surface area contributed by atoms with Crippen LogP contribution in [-0.2, 0) is 19.1 Å². The molecule has 0 aliphatic carbocycles. The van der Waals surface area contributed by atoms with Gasteiger partial charge >= 0.3 is 11.9 Å². The lowest BCUT2D eigenvalue weighted by Crippen LogP contribution is -2.25. The van der Waals surface area contributed by atoms with Gasteiger partial charge in [0, 0.05) is 35.0 Å². The van der Waals surface area contributed by atoms with Crippen LogP contribution >= 0.6 is 23.2 Å². The van der Waals surface area contributed by atoms with E-state index in [9.17, 15) is 19.7 Å². The molecule has 1 aliphatic rings. The number of nitrogens with one attached hydrogen (secondary N) is 1. The van der Waals surface area contributed by atoms with Crippen LogP contribution in [0, 0.1) is 10.1 Å². The number of nitro benzene ring substituents is 1. The van der Waals surface area contributed by atoms with Crippen LogP contribution in [0.3, 0.4) is 0 Å². The van der Waals surface area contributed by atoms with Gasteiger partial charge in [0.15, 0.2) is 6.61 Å². The van der Waals surface area contributed by atoms with Crippen molar-refractivity contribution >= 4 is 46.5 Å². The maximum atomic E-state index is 12.6. The molecule has 1 N–H and O–H groups in total. The number of esters is 2. The number of hydrogen-bond acceptors (Lipinski definition) is 8. The van der Waals surface area contributed by atoms with Gasteiger partial charge in [-0.3, -0.25) is 10.1 Å². The molecule has 11 heteroatoms. The molecule has 2 aromatic rings. The van der Waals surface area contributed by atoms with E-state index in [-0.39, 0.29) is 28.1 Å². The number of dihydropyridines is 1. The van der Waals surface area contributed by atoms with Crippen LogP contribution < -0.4 is 10.1 Å². The van der Waals surface area contributed by atoms with Crippen molar-refractivity contribution in [2.24, 2.45) is 0 Å². The number of hydrogen-bond donors (Lipinski definition) is 1. The van der Waals surface area contributed by atoms with Gasteiger partial charge in [-0.1, -0.05) is 35.3 Å². The maximum Gasteiger partial charge on any atom is 0.343 e. The molecule has 9 nitrogen and oxygen atoms in total. The SMILES string of the molecule is COC(=O)COc1ccc(C2=CC(c3cccc([N+](=O)[O-])c3)C(C(=O)OC)=C(C)N2)c(Cl)c1Cl. The summed E-state index contributed by atoms with van der Waals surface area (Å²) in [6.45, 7) is 1.35. The molecule has 3 rings (SSSR count). The van der Waals surface area contributed by atoms with E-state index in [0.717, 1.165) is 0 Å². The Kier molecular flexibility index (Phi) is 7.80. The fourth-order valence-corrected chi connectivity index (χ4v) is 3.96. The highest BCUT2D eigenvalue weighted by Gasteiger charge is 2.30. The Hall–Kier alpha value is -3.56. The zero-order valence-corrected chi connectivity index (χ0v) is 19.9. The van der Waals surface area contributed by atoms with Crippen LogP contribution in [0.25, 0.3) is 5.70 Å². The van der Waals surface area contributed by atoms with Crippen molar-refractivity contribution in [3.8, 4) is 5.75 Å². The smallest absolute Gasteiger partial charge is 0.343 e. The number of non-ortho nitro benzene ring substituents is 1. The second-order valence-corrected chi connectivity index (χ2v) is 7.93. The molecule has 1 unspecified atom stereocenters. The number of ether oxygens (including phenoxy) is 3. The van der Waals surface area contributed by atoms with E-state index < -0.39 is 22.8 Å². The molecule has 0 bridgehead atoms. The maximum absolute atomic E-state index is 12.6. The van der Waals surface area contributed by atoms with Crippen molar-refractivity contribution in [2.75, 3.05) is 20.8 Å². The number of carbonyl (C=O) groups is 2. The molecular weight excluding hydrogens is 487 g/mol. The molecule has 0 saturated carbocycles. The Morgan fingerprint density at radius 1 is 1.12 bits per heavy atom. The van der Waals surface area contributed by atoms with Crippen molar-refractivity contribution in [2.45, 2.75) is 12.8 Å². The minimum atomic E-state index is -0.659. The molecule has 0 saturated heterocycles. The van der Waals surface area contributed by atoms with Gasteiger partial charge < -0.3 is 19.5 Å². The van der Waals surface area contributed by atoms with Crippen LogP contribution in [0.15, 0.2) is 53.7 Å². The lowest BCUT2D eigenvalue weighted by molar-refractivity contribution is -0.384. The van der Waals surface area contributed by atoms with E-state index in [0.29, 0.717) is 28.1 Å². The fraction of sp³-hybridized carbons (Fsp3) is 0.217. The lowest BCUT2D eigenvalue weighted by Gasteiger charge is -2.27. The number of methoxy groups -OCH3 is 2. The summed E-state index contributed by atoms with van der Waals surface area (Å²) in [5, 5.41) is 14.6. The number of benzene rings is 2. The van der Waals surface area contributed by atoms with Crippen LogP contribution in [0.2, 0.25) is 10.0 Å². The van der Waals surface area contributed by atoms with Gasteiger partial charge in [-0.15, -0.1) is 0 Å². The predicted molar refractivity (Wildman–Crippen MR) is 126 cm³/mol. The number of allylic oxidation sites excluding steroid dienone is 2. The molecule has 34 heavy (non-hydrogen) atoms. The van der Waals surface area contributed by atoms with E-state index in [1.54, 1.807) is 37.3 Å². The van der Waals surface area contributed by atoms with Crippen molar-refractivity contribution in [3.05, 3.63) is 85.0 Å². The highest BCUT2D eigenvalue weighted by molar-refractivity contribution is 6.44. The first-order chi connectivity index (χ1) is 16.2. The summed E-state index contributed by atoms with van der Waals surface area (Å²) in [7, 11) is 2.50. The molecule has 1 atom stereocenters. The van der Waals surface area contributed by atoms with Crippen molar-refractivity contribution in [1.82, 2.24) is 5.32 Å². The summed E-state index contributed by atoms with van der Waals surface area (Å²) in [6.07, 6.45) is 1.71. The van der Waals surface area contributed by atoms with Gasteiger partial charge in [0.25, 0.3) is 5.69 Å². The summed E-state index contributed by atoms with van der Waals surface area (Å²) < 4.78 is 14.8. The van der Waals surface area contributed by atoms with Crippen LogP contribution in [0.4, 0.5) is 5.69 Å². The molecule has 0 radical (unpaired) electrons. The second-order valence-electron chi connectivity index (χ2n) is 7.17. The van der Waals surface area contributed by atoms with Gasteiger partial charge in [-0.05, 0) is 30.7 Å². The molecule has 2 aromatic carbocycles. The number of nitro groups is 1. The highest BCUT2D eigenvalue weighted by Crippen LogP contribution is 2.41. The third kappa shape index (κ3) is 5.16. The summed E-state index contributed by atoms with van der Waals surface area (Å²) in [5.41, 5.74) is 2.21. The molecule has 0 amide bonds. The minimum Gasteiger partial charge on any atom is -0.480 e. The Labute approximate surface area is 205 Å². The Morgan fingerprint density at radius 2 is 1.85 bits per heavy atom. The number of carbonyl (C=O) groups excluding carboxylic acids is 2. The quantitative estimate of drug-likeness (QED) is 0.328. The van der Waals surface area contributed by atoms with Crippen molar-refractivity contribution in [1.29, 1.82) is 0 Å². The number of nitrogens with zero attached hydrogens (tertiary/aromatic N) is 1. The lowest BCUT2D eigenvalue weighted by atomic mass is 9.85. The molecular formula is C23H20Cl2N2O7. The Balaban J connectivity index is 2.07. The van der Waals surface area contributed by atoms with Crippen LogP contribution in [0.5, 0.6) is 5.75 Å². The zero-order valence-electron chi connectivity index (χ0n) is 18.4. The molecule has 0 aromatic heterocycles. The van der Waals surface area contributed by atoms with Gasteiger partial charge in [-0.2, -0.15) is 0 Å². The minimum absolute atomic E-state index is 0.0815. The number of rotatable bonds is 7. The first kappa shape index (κ1) is 25.1. The number of halogens is 2. The van der Waals surface area contributed by atoms with E-state index in [2.05, 4.69) is 10.1 Å². The summed E-state index contributed by atoms with van der Waals surface area (Å²) >= 11 is 12.9. The monoisotopic (exact) mass is 506 g/mol. The van der Waals surface area contributed by atoms with E-state index >= 15 is 0 Å². The summed E-state index contributed by atoms with van der Waals surface area (Å²) in [4.78, 5) is 34.7. The first-order valence-electron chi connectivity index (χ1n) is 9.88. The van der Waals surface area contributed by atoms with Crippen molar-refractivity contribution < 1.29 is 28.7 Å². The van der Waals surface area contributed by atoms with Crippen molar-refractivity contribution in [3.63, 3.8) is 0 Å². The summed E-state index contributed by atoms with van der Waals surface area (Å²) in [5.74, 6) is -1.63. The largest absolute Gasteiger partial charge is 0.480 e. The topological polar surface area (TPSA) is 117 Å². The highest BCUT2D eigenvalue weighted by atomic mass is 35.5. The van der Waals surface area contributed by atoms with Crippen LogP contribution in [0.1, 0.15) is 24.0 Å². The van der Waals surface area contributed by atoms with Gasteiger partial charge in [0.2, 0.25) is 0 Å². The third-order valence-corrected chi connectivity index (χ3v) is 5.99. The van der Waals surface area contributed by atoms with E-state index in [4.69, 9.17) is 32.7 Å². The second kappa shape index (κ2) is 10.6. The standard InChI is InChI=1S/C23H20Cl2N2O7/c1-12-20(23(29)33-3)16(13-5-4-6-14(9-13)27(30)31)10-17(26-12)15-7-8-18(22(25)21(15)24)34-11-19(28)32-2/h4-10,16,26H,11H2,1-3H3. The van der Waals surface area contributed by atoms with E-state index in [1.165, 1.54) is 26.4 Å². The molecule has 1 aliphatic heterocycles. The first-order valence-corrected chi connectivity index (χ1v) is 10.6. The molecule has 1 heterocycles. The van der Waals surface area contributed by atoms with Gasteiger partial charge in [-0.25, -0.2) is 9.59 Å². The average Bonchev–Trinajstić information content (AvgIpc) is 2.83. The predicted octanol–water partition coefficient (Wildman–Crippen LogP) is 4.63. The van der Waals surface area contributed by atoms with Crippen LogP contribution in [-0.4, -0.2) is 37.7 Å². The Morgan fingerprint density at radius 3 is 2.50 bits per heavy atom. The fourth-order valence-electron chi connectivity index (χ4n) is 3.48. The summed E-state index contributed by atoms with van der Waals surface area (Å²) in [6, 6.07) is 9.19. The third-order valence-electron chi connectivity index (χ3n) is 5.13. The molecule has 0 spiro atoms. The Bertz CT molecular complexity index is 1220. The zero-order chi connectivity index (χ0) is 25.0.